The van der Waals surface area contributed by atoms with E-state index in [9.17, 15) is 24.8 Å². The zero-order chi connectivity index (χ0) is 30.0. The summed E-state index contributed by atoms with van der Waals surface area (Å²) in [7, 11) is -0.584. The van der Waals surface area contributed by atoms with E-state index < -0.39 is 35.0 Å². The second kappa shape index (κ2) is 12.3. The van der Waals surface area contributed by atoms with Crippen LogP contribution >= 0.6 is 0 Å². The fourth-order valence-corrected chi connectivity index (χ4v) is 6.70. The molecule has 0 aromatic heterocycles. The first kappa shape index (κ1) is 32.3. The molecule has 40 heavy (non-hydrogen) atoms. The van der Waals surface area contributed by atoms with Crippen LogP contribution in [0.2, 0.25) is 0 Å². The third-order valence-corrected chi connectivity index (χ3v) is 9.50. The minimum Gasteiger partial charge on any atom is -0.404 e. The molecule has 4 fully saturated rings. The van der Waals surface area contributed by atoms with Crippen LogP contribution in [0.1, 0.15) is 87.0 Å². The van der Waals surface area contributed by atoms with E-state index in [1.54, 1.807) is 19.3 Å². The lowest BCUT2D eigenvalue weighted by molar-refractivity contribution is -0.525. The fraction of sp³-hybridized carbons (Fsp3) is 0.889. The molecule has 1 aliphatic heterocycles. The zero-order valence-electron chi connectivity index (χ0n) is 25.1. The zero-order valence-corrected chi connectivity index (χ0v) is 25.1. The second-order valence-electron chi connectivity index (χ2n) is 13.7. The summed E-state index contributed by atoms with van der Waals surface area (Å²) in [4.78, 5) is 41.1. The van der Waals surface area contributed by atoms with Crippen molar-refractivity contribution in [1.82, 2.24) is 10.7 Å². The van der Waals surface area contributed by atoms with Gasteiger partial charge in [0, 0.05) is 24.3 Å². The molecule has 4 aliphatic rings. The maximum absolute atomic E-state index is 13.7. The number of Topliss-reactive ketones (excluding diaryl/α,β-unsaturated/α-hetero) is 1. The molecule has 13 heteroatoms. The molecule has 0 radical (unpaired) electrons. The van der Waals surface area contributed by atoms with Gasteiger partial charge in [-0.3, -0.25) is 9.59 Å². The van der Waals surface area contributed by atoms with Gasteiger partial charge in [-0.1, -0.05) is 47.0 Å². The maximum Gasteiger partial charge on any atom is 0.481 e. The third kappa shape index (κ3) is 6.96. The number of nitrogens with two attached hydrogens (primary N) is 1. The number of hydrazine groups is 1. The van der Waals surface area contributed by atoms with Gasteiger partial charge in [-0.25, -0.2) is 15.1 Å². The number of amides is 1. The molecule has 0 aromatic rings. The molecule has 1 saturated heterocycles. The predicted molar refractivity (Wildman–Crippen MR) is 151 cm³/mol. The highest BCUT2D eigenvalue weighted by atomic mass is 16.7. The van der Waals surface area contributed by atoms with E-state index in [1.807, 2.05) is 0 Å². The van der Waals surface area contributed by atoms with E-state index in [-0.39, 0.29) is 54.7 Å². The van der Waals surface area contributed by atoms with E-state index in [0.717, 1.165) is 12.8 Å². The Balaban J connectivity index is 1.72. The highest BCUT2D eigenvalue weighted by Gasteiger charge is 2.68. The Morgan fingerprint density at radius 1 is 1.27 bits per heavy atom. The summed E-state index contributed by atoms with van der Waals surface area (Å²) in [5, 5.41) is 22.6. The van der Waals surface area contributed by atoms with E-state index in [2.05, 4.69) is 44.9 Å². The van der Waals surface area contributed by atoms with Crippen molar-refractivity contribution in [2.45, 2.75) is 105 Å². The van der Waals surface area contributed by atoms with E-state index >= 15 is 0 Å². The Morgan fingerprint density at radius 2 is 1.95 bits per heavy atom. The van der Waals surface area contributed by atoms with Gasteiger partial charge < -0.3 is 25.5 Å². The van der Waals surface area contributed by atoms with Gasteiger partial charge in [0.1, 0.15) is 5.78 Å². The molecule has 1 heterocycles. The monoisotopic (exact) mass is 565 g/mol. The van der Waals surface area contributed by atoms with Gasteiger partial charge in [-0.05, 0) is 62.2 Å². The second-order valence-corrected chi connectivity index (χ2v) is 13.7. The van der Waals surface area contributed by atoms with Crippen molar-refractivity contribution in [2.24, 2.45) is 45.2 Å². The first-order valence-corrected chi connectivity index (χ1v) is 14.5. The average molecular weight is 566 g/mol. The van der Waals surface area contributed by atoms with Gasteiger partial charge in [0.05, 0.1) is 24.3 Å². The minimum absolute atomic E-state index is 0.0142. The van der Waals surface area contributed by atoms with Crippen LogP contribution in [0.25, 0.3) is 0 Å². The number of hydrogen-bond acceptors (Lipinski definition) is 8. The Labute approximate surface area is 237 Å². The van der Waals surface area contributed by atoms with Crippen molar-refractivity contribution in [1.29, 1.82) is 0 Å². The van der Waals surface area contributed by atoms with Gasteiger partial charge in [-0.15, -0.1) is 0 Å². The van der Waals surface area contributed by atoms with Crippen LogP contribution in [0, 0.1) is 44.6 Å². The van der Waals surface area contributed by atoms with Gasteiger partial charge >= 0.3 is 7.12 Å². The number of nitro groups is 1. The van der Waals surface area contributed by atoms with Crippen molar-refractivity contribution in [3.63, 3.8) is 0 Å². The molecular weight excluding hydrogens is 517 g/mol. The first-order valence-electron chi connectivity index (χ1n) is 14.5. The van der Waals surface area contributed by atoms with Crippen molar-refractivity contribution in [3.05, 3.63) is 10.1 Å². The number of rotatable bonds is 14. The highest BCUT2D eigenvalue weighted by molar-refractivity contribution is 6.47. The minimum atomic E-state index is -0.982. The molecule has 6 atom stereocenters. The summed E-state index contributed by atoms with van der Waals surface area (Å²) in [6.07, 6.45) is 3.35. The molecule has 0 aromatic carbocycles. The number of ketones is 1. The molecule has 3 saturated carbocycles. The third-order valence-electron chi connectivity index (χ3n) is 9.50. The summed E-state index contributed by atoms with van der Waals surface area (Å²) in [5.74, 6) is -0.639. The summed E-state index contributed by atoms with van der Waals surface area (Å²) >= 11 is 0. The number of carbonyl (C=O) groups is 2. The molecule has 5 N–H and O–H groups in total. The Bertz CT molecular complexity index is 990. The number of nitrogens with zero attached hydrogens (tertiary/aromatic N) is 2. The number of hydrogen-bond donors (Lipinski definition) is 4. The Kier molecular flexibility index (Phi) is 9.94. The van der Waals surface area contributed by atoms with Crippen LogP contribution in [0.5, 0.6) is 0 Å². The van der Waals surface area contributed by atoms with Gasteiger partial charge in [0.2, 0.25) is 5.91 Å². The maximum atomic E-state index is 13.7. The Hall–Kier alpha value is -2.25. The molecule has 0 spiro atoms. The van der Waals surface area contributed by atoms with Crippen molar-refractivity contribution < 1.29 is 29.0 Å². The fourth-order valence-electron chi connectivity index (χ4n) is 6.70. The Morgan fingerprint density at radius 3 is 2.52 bits per heavy atom. The summed E-state index contributed by atoms with van der Waals surface area (Å²) in [6, 6.07) is 0. The van der Waals surface area contributed by atoms with Gasteiger partial charge in [0.15, 0.2) is 5.03 Å². The lowest BCUT2D eigenvalue weighted by atomic mass is 9.43. The first-order chi connectivity index (χ1) is 18.5. The standard InChI is InChI=1S/C27H48BN5O7/c1-16(2)11-22(28-39-21-14-18-13-19(26(18,5)6)27(21,7)40-28)31-23(36)17(12-20(35)25(3,4)15-34)9-8-10-30-24(29)32-33(37)38/h16-19,21-22,34H,8-15H2,1-7H3,(H,31,36)(H3,29,30,32)/t17-,18+,19+,21-,22+,27+/m1/s1. The number of aliphatic hydroxyl groups is 1. The van der Waals surface area contributed by atoms with Crippen LogP contribution in [-0.2, 0) is 18.9 Å². The quantitative estimate of drug-likeness (QED) is 0.0614. The number of guanidine groups is 1. The van der Waals surface area contributed by atoms with Crippen LogP contribution in [0.4, 0.5) is 0 Å². The highest BCUT2D eigenvalue weighted by Crippen LogP contribution is 2.65. The van der Waals surface area contributed by atoms with Crippen molar-refractivity contribution in [3.8, 4) is 0 Å². The SMILES string of the molecule is CC(C)C[C@H](NC(=O)[C@H](CCCN=C(N)N[N+](=O)[O-])CC(=O)C(C)(C)CO)B1O[C@@H]2C[C@@H]3C[C@@H](C3(C)C)[C@]2(C)O1. The molecule has 3 aliphatic carbocycles. The van der Waals surface area contributed by atoms with Crippen LogP contribution in [0.15, 0.2) is 4.99 Å². The van der Waals surface area contributed by atoms with Crippen LogP contribution in [-0.4, -0.2) is 65.7 Å². The number of nitrogens with one attached hydrogen (secondary N) is 2. The van der Waals surface area contributed by atoms with E-state index in [4.69, 9.17) is 15.0 Å². The van der Waals surface area contributed by atoms with Crippen molar-refractivity contribution in [2.75, 3.05) is 13.2 Å². The molecule has 0 unspecified atom stereocenters. The number of carbonyl (C=O) groups excluding carboxylic acids is 2. The van der Waals surface area contributed by atoms with Crippen molar-refractivity contribution >= 4 is 24.8 Å². The van der Waals surface area contributed by atoms with Crippen LogP contribution < -0.4 is 16.5 Å². The molecular formula is C27H48BN5O7. The lowest BCUT2D eigenvalue weighted by Crippen LogP contribution is -2.65. The van der Waals surface area contributed by atoms with E-state index in [0.29, 0.717) is 31.1 Å². The summed E-state index contributed by atoms with van der Waals surface area (Å²) in [6.45, 7) is 14.0. The predicted octanol–water partition coefficient (Wildman–Crippen LogP) is 2.25. The summed E-state index contributed by atoms with van der Waals surface area (Å²) in [5.41, 5.74) is 6.09. The molecule has 4 rings (SSSR count). The molecule has 226 valence electrons. The number of aliphatic hydroxyl groups excluding tert-OH is 1. The van der Waals surface area contributed by atoms with Crippen LogP contribution in [0.3, 0.4) is 0 Å². The average Bonchev–Trinajstić information content (AvgIpc) is 3.21. The summed E-state index contributed by atoms with van der Waals surface area (Å²) < 4.78 is 13.1. The topological polar surface area (TPSA) is 178 Å². The largest absolute Gasteiger partial charge is 0.481 e. The van der Waals surface area contributed by atoms with E-state index in [1.165, 1.54) is 0 Å². The lowest BCUT2D eigenvalue weighted by Gasteiger charge is -2.64. The molecule has 12 nitrogen and oxygen atoms in total. The smallest absolute Gasteiger partial charge is 0.404 e. The number of aliphatic imine (C=N–C) groups is 1. The van der Waals surface area contributed by atoms with Gasteiger partial charge in [0.25, 0.3) is 5.96 Å². The molecule has 2 bridgehead atoms. The molecule has 1 amide bonds. The normalized spacial score (nSPS) is 28.9. The van der Waals surface area contributed by atoms with Gasteiger partial charge in [-0.2, -0.15) is 0 Å².